The molecule has 6 heteroatoms. The lowest BCUT2D eigenvalue weighted by atomic mass is 10.0. The molecule has 3 N–H and O–H groups in total. The van der Waals surface area contributed by atoms with Crippen LogP contribution in [0.2, 0.25) is 0 Å². The summed E-state index contributed by atoms with van der Waals surface area (Å²) < 4.78 is 5.79. The predicted octanol–water partition coefficient (Wildman–Crippen LogP) is 13.8. The molecule has 6 nitrogen and oxygen atoms in total. The van der Waals surface area contributed by atoms with E-state index in [2.05, 4.69) is 86.8 Å². The number of nitrogens with one attached hydrogen (secondary N) is 1. The van der Waals surface area contributed by atoms with Gasteiger partial charge in [0.2, 0.25) is 5.91 Å². The van der Waals surface area contributed by atoms with Gasteiger partial charge in [0.1, 0.15) is 6.10 Å². The number of hydrogen-bond donors (Lipinski definition) is 3. The number of hydrogen-bond acceptors (Lipinski definition) is 5. The maximum atomic E-state index is 13.1. The van der Waals surface area contributed by atoms with Crippen LogP contribution in [0.3, 0.4) is 0 Å². The van der Waals surface area contributed by atoms with E-state index in [4.69, 9.17) is 4.74 Å². The quantitative estimate of drug-likeness (QED) is 0.0325. The molecule has 0 aromatic heterocycles. The van der Waals surface area contributed by atoms with Gasteiger partial charge >= 0.3 is 5.97 Å². The highest BCUT2D eigenvalue weighted by atomic mass is 16.5. The first kappa shape index (κ1) is 54.3. The van der Waals surface area contributed by atoms with Gasteiger partial charge in [-0.2, -0.15) is 0 Å². The first-order chi connectivity index (χ1) is 28.0. The van der Waals surface area contributed by atoms with Crippen molar-refractivity contribution in [3.05, 3.63) is 72.9 Å². The van der Waals surface area contributed by atoms with Crippen molar-refractivity contribution >= 4 is 11.9 Å². The number of amides is 1. The largest absolute Gasteiger partial charge is 0.458 e. The van der Waals surface area contributed by atoms with Crippen LogP contribution in [0.25, 0.3) is 0 Å². The van der Waals surface area contributed by atoms with E-state index in [0.29, 0.717) is 19.3 Å². The van der Waals surface area contributed by atoms with Crippen LogP contribution in [0, 0.1) is 0 Å². The number of rotatable bonds is 41. The van der Waals surface area contributed by atoms with Crippen LogP contribution in [0.15, 0.2) is 72.9 Å². The van der Waals surface area contributed by atoms with Crippen molar-refractivity contribution in [2.45, 2.75) is 232 Å². The van der Waals surface area contributed by atoms with E-state index in [9.17, 15) is 19.8 Å². The van der Waals surface area contributed by atoms with Gasteiger partial charge < -0.3 is 20.3 Å². The van der Waals surface area contributed by atoms with E-state index in [1.807, 2.05) is 6.08 Å². The van der Waals surface area contributed by atoms with Gasteiger partial charge in [-0.1, -0.05) is 197 Å². The maximum absolute atomic E-state index is 13.1. The van der Waals surface area contributed by atoms with E-state index < -0.39 is 18.2 Å². The summed E-state index contributed by atoms with van der Waals surface area (Å²) in [5.74, 6) is -0.652. The third kappa shape index (κ3) is 39.9. The van der Waals surface area contributed by atoms with Gasteiger partial charge in [-0.3, -0.25) is 9.59 Å². The minimum absolute atomic E-state index is 0.0541. The lowest BCUT2D eigenvalue weighted by Gasteiger charge is -2.23. The lowest BCUT2D eigenvalue weighted by Crippen LogP contribution is -2.46. The Bertz CT molecular complexity index is 1070. The lowest BCUT2D eigenvalue weighted by molar-refractivity contribution is -0.148. The fourth-order valence-corrected chi connectivity index (χ4v) is 6.68. The minimum Gasteiger partial charge on any atom is -0.458 e. The van der Waals surface area contributed by atoms with Gasteiger partial charge in [-0.25, -0.2) is 0 Å². The SMILES string of the molecule is CC/C=C/C/C=C/C/C=C/C/C=C/C/C=C/C(CC(=O)NC(CO)C(O)CCCCCCCCCCCCC)OC(=O)CCCCC/C=C\CCCCCCCC. The molecule has 0 bridgehead atoms. The Balaban J connectivity index is 4.80. The summed E-state index contributed by atoms with van der Waals surface area (Å²) in [5, 5.41) is 23.6. The average molecular weight is 796 g/mol. The molecule has 0 fully saturated rings. The van der Waals surface area contributed by atoms with Crippen LogP contribution in [-0.4, -0.2) is 46.9 Å². The molecule has 1 amide bonds. The third-order valence-corrected chi connectivity index (χ3v) is 10.3. The molecule has 0 radical (unpaired) electrons. The zero-order valence-corrected chi connectivity index (χ0v) is 37.2. The van der Waals surface area contributed by atoms with E-state index >= 15 is 0 Å². The number of aliphatic hydroxyl groups is 2. The predicted molar refractivity (Wildman–Crippen MR) is 245 cm³/mol. The summed E-state index contributed by atoms with van der Waals surface area (Å²) in [5.41, 5.74) is 0. The number of ether oxygens (including phenoxy) is 1. The van der Waals surface area contributed by atoms with Gasteiger partial charge in [0.05, 0.1) is 25.2 Å². The van der Waals surface area contributed by atoms with Gasteiger partial charge in [0.25, 0.3) is 0 Å². The maximum Gasteiger partial charge on any atom is 0.306 e. The van der Waals surface area contributed by atoms with Gasteiger partial charge in [-0.05, 0) is 76.7 Å². The Morgan fingerprint density at radius 2 is 0.982 bits per heavy atom. The first-order valence-corrected chi connectivity index (χ1v) is 23.7. The minimum atomic E-state index is -0.822. The third-order valence-electron chi connectivity index (χ3n) is 10.3. The number of esters is 1. The second-order valence-corrected chi connectivity index (χ2v) is 15.8. The zero-order chi connectivity index (χ0) is 41.7. The molecule has 0 aliphatic carbocycles. The molecule has 57 heavy (non-hydrogen) atoms. The van der Waals surface area contributed by atoms with Crippen molar-refractivity contribution in [3.63, 3.8) is 0 Å². The van der Waals surface area contributed by atoms with Gasteiger partial charge in [-0.15, -0.1) is 0 Å². The number of aliphatic hydroxyl groups excluding tert-OH is 2. The van der Waals surface area contributed by atoms with Crippen molar-refractivity contribution in [2.75, 3.05) is 6.61 Å². The molecular formula is C51H89NO5. The average Bonchev–Trinajstić information content (AvgIpc) is 3.20. The molecular weight excluding hydrogens is 707 g/mol. The highest BCUT2D eigenvalue weighted by Crippen LogP contribution is 2.15. The van der Waals surface area contributed by atoms with Crippen LogP contribution in [0.5, 0.6) is 0 Å². The summed E-state index contributed by atoms with van der Waals surface area (Å²) in [6.07, 6.45) is 55.6. The Kier molecular flexibility index (Phi) is 42.3. The van der Waals surface area contributed by atoms with Crippen LogP contribution in [0.4, 0.5) is 0 Å². The molecule has 0 aromatic rings. The molecule has 0 spiro atoms. The summed E-state index contributed by atoms with van der Waals surface area (Å²) in [6, 6.07) is -0.745. The molecule has 0 saturated carbocycles. The number of carbonyl (C=O) groups is 2. The van der Waals surface area contributed by atoms with Crippen molar-refractivity contribution in [1.82, 2.24) is 5.32 Å². The molecule has 328 valence electrons. The Labute approximate surface area is 351 Å². The molecule has 0 aliphatic heterocycles. The number of unbranched alkanes of at least 4 members (excludes halogenated alkanes) is 19. The van der Waals surface area contributed by atoms with E-state index in [1.165, 1.54) is 89.9 Å². The van der Waals surface area contributed by atoms with Crippen molar-refractivity contribution in [2.24, 2.45) is 0 Å². The van der Waals surface area contributed by atoms with E-state index in [0.717, 1.165) is 77.0 Å². The van der Waals surface area contributed by atoms with Crippen LogP contribution < -0.4 is 5.32 Å². The van der Waals surface area contributed by atoms with Crippen LogP contribution in [0.1, 0.15) is 213 Å². The van der Waals surface area contributed by atoms with E-state index in [1.54, 1.807) is 6.08 Å². The second kappa shape index (κ2) is 44.4. The van der Waals surface area contributed by atoms with Gasteiger partial charge in [0, 0.05) is 6.42 Å². The molecule has 0 saturated heterocycles. The van der Waals surface area contributed by atoms with Crippen LogP contribution in [-0.2, 0) is 14.3 Å². The standard InChI is InChI=1S/C51H89NO5/c1-4-7-10-13-16-19-22-24-26-28-30-33-36-39-42-47(57-51(56)44-41-38-35-32-29-25-23-20-17-14-11-8-5-2)45-50(55)52-48(46-53)49(54)43-40-37-34-31-27-21-18-15-12-9-6-3/h7,10,16,19,24-26,29-30,33,39,42,47-49,53-54H,4-6,8-9,11-15,17-18,20-23,27-28,31-32,34-38,40-41,43-46H2,1-3H3,(H,52,55)/b10-7+,19-16+,26-24+,29-25-,33-30+,42-39+. The highest BCUT2D eigenvalue weighted by molar-refractivity contribution is 5.78. The van der Waals surface area contributed by atoms with Crippen molar-refractivity contribution in [1.29, 1.82) is 0 Å². The smallest absolute Gasteiger partial charge is 0.306 e. The summed E-state index contributed by atoms with van der Waals surface area (Å²) in [6.45, 7) is 6.30. The molecule has 3 unspecified atom stereocenters. The fourth-order valence-electron chi connectivity index (χ4n) is 6.68. The van der Waals surface area contributed by atoms with Crippen molar-refractivity contribution < 1.29 is 24.5 Å². The monoisotopic (exact) mass is 796 g/mol. The second-order valence-electron chi connectivity index (χ2n) is 15.8. The Hall–Kier alpha value is -2.70. The molecule has 3 atom stereocenters. The molecule has 0 heterocycles. The van der Waals surface area contributed by atoms with Crippen LogP contribution >= 0.6 is 0 Å². The fraction of sp³-hybridized carbons (Fsp3) is 0.725. The summed E-state index contributed by atoms with van der Waals surface area (Å²) in [4.78, 5) is 25.9. The molecule has 0 rings (SSSR count). The zero-order valence-electron chi connectivity index (χ0n) is 37.2. The highest BCUT2D eigenvalue weighted by Gasteiger charge is 2.23. The number of carbonyl (C=O) groups excluding carboxylic acids is 2. The first-order valence-electron chi connectivity index (χ1n) is 23.7. The van der Waals surface area contributed by atoms with Crippen molar-refractivity contribution in [3.8, 4) is 0 Å². The molecule has 0 aliphatic rings. The summed E-state index contributed by atoms with van der Waals surface area (Å²) in [7, 11) is 0. The molecule has 0 aromatic carbocycles. The topological polar surface area (TPSA) is 95.9 Å². The normalized spacial score (nSPS) is 14.0. The Morgan fingerprint density at radius 1 is 0.544 bits per heavy atom. The summed E-state index contributed by atoms with van der Waals surface area (Å²) >= 11 is 0. The van der Waals surface area contributed by atoms with Gasteiger partial charge in [0.15, 0.2) is 0 Å². The Morgan fingerprint density at radius 3 is 1.47 bits per heavy atom. The number of allylic oxidation sites excluding steroid dienone is 11. The van der Waals surface area contributed by atoms with E-state index in [-0.39, 0.29) is 24.9 Å².